The molecule has 0 aromatic heterocycles. The normalized spacial score (nSPS) is 12.1. The summed E-state index contributed by atoms with van der Waals surface area (Å²) in [4.78, 5) is 165. The van der Waals surface area contributed by atoms with Gasteiger partial charge in [0.1, 0.15) is 0 Å². The molecular weight excluding hydrogens is 1620 g/mol. The van der Waals surface area contributed by atoms with Crippen molar-refractivity contribution < 1.29 is 94.7 Å². The van der Waals surface area contributed by atoms with Crippen LogP contribution in [0, 0.1) is 0 Å². The predicted molar refractivity (Wildman–Crippen MR) is 515 cm³/mol. The van der Waals surface area contributed by atoms with Crippen molar-refractivity contribution in [2.45, 2.75) is 619 Å². The van der Waals surface area contributed by atoms with Crippen LogP contribution in [-0.2, 0) is 94.7 Å². The Labute approximate surface area is 777 Å². The van der Waals surface area contributed by atoms with E-state index in [0.717, 1.165) is 263 Å². The minimum absolute atomic E-state index is 0.0778. The largest absolute Gasteiger partial charge is 0.607 e. The molecule has 0 saturated carbocycles. The van der Waals surface area contributed by atoms with Crippen LogP contribution in [0.1, 0.15) is 596 Å². The van der Waals surface area contributed by atoms with Crippen molar-refractivity contribution in [3.05, 3.63) is 0 Å². The molecule has 0 aliphatic rings. The first-order valence-corrected chi connectivity index (χ1v) is 55.8. The highest BCUT2D eigenvalue weighted by atomic mass is 28.4. The highest BCUT2D eigenvalue weighted by Crippen LogP contribution is 2.54. The lowest BCUT2D eigenvalue weighted by atomic mass is 10.1. The minimum atomic E-state index is -6.84. The molecule has 0 N–H and O–H groups in total. The number of unbranched alkanes of at least 4 members (excludes halogenated alkanes) is 60. The molecule has 0 bridgehead atoms. The fraction of sp³-hybridized carbons (Fsp3) is 0.906. The zero-order valence-corrected chi connectivity index (χ0v) is 85.0. The van der Waals surface area contributed by atoms with Gasteiger partial charge in [-0.1, -0.05) is 461 Å². The third-order valence-electron chi connectivity index (χ3n) is 24.5. The Morgan fingerprint density at radius 3 is 0.512 bits per heavy atom. The molecule has 0 spiro atoms. The van der Waals surface area contributed by atoms with Crippen LogP contribution in [0.4, 0.5) is 0 Å². The van der Waals surface area contributed by atoms with Crippen LogP contribution in [-0.4, -0.2) is 91.2 Å². The molecule has 1 unspecified atom stereocenters. The Balaban J connectivity index is 11.8. The first-order chi connectivity index (χ1) is 61.8. The third-order valence-corrected chi connectivity index (χ3v) is 28.4. The van der Waals surface area contributed by atoms with E-state index in [2.05, 4.69) is 69.2 Å². The van der Waals surface area contributed by atoms with Crippen LogP contribution in [0.3, 0.4) is 0 Å². The van der Waals surface area contributed by atoms with Crippen LogP contribution in [0.15, 0.2) is 0 Å². The Hall–Kier alpha value is -5.08. The third kappa shape index (κ3) is 59.9. The monoisotopic (exact) mass is 1820 g/mol. The summed E-state index contributed by atoms with van der Waals surface area (Å²) in [6, 6.07) is 0. The maximum Gasteiger partial charge on any atom is 0.607 e. The predicted octanol–water partition coefficient (Wildman–Crippen LogP) is 31.2. The summed E-state index contributed by atoms with van der Waals surface area (Å²) < 4.78 is 71.8. The van der Waals surface area contributed by atoms with E-state index in [9.17, 15) is 0 Å². The Morgan fingerprint density at radius 1 is 0.181 bits per heavy atom. The maximum atomic E-state index is 16.9. The second-order valence-corrected chi connectivity index (χ2v) is 39.9. The molecular formula is C106H196O20Si. The second kappa shape index (κ2) is 85.1. The van der Waals surface area contributed by atoms with Crippen molar-refractivity contribution in [3.63, 3.8) is 0 Å². The summed E-state index contributed by atoms with van der Waals surface area (Å²) in [5.41, 5.74) is -6.51. The fourth-order valence-electron chi connectivity index (χ4n) is 16.6. The average molecular weight is 1820 g/mol. The molecule has 0 heterocycles. The standard InChI is InChI=1S/C106H196O20Si/c1-12-23-33-43-53-63-73-83-93(107)117-103(22-11)127(125-101(115)91-81-71-61-51-41-31-20-9,126-102(116)92-82-72-62-52-42-32-21-10)106(123-99(113)89-79-69-59-49-39-29-18-7,124-100(114)90-80-70-60-50-40-30-19-8)104(118-94(108)84-74-64-54-44-34-24-13-2,119-95(109)85-75-65-55-45-35-25-14-3)105(120-96(110)86-76-66-56-46-36-26-15-4,121-97(111)87-77-67-57-47-37-27-16-5)122-98(112)88-78-68-58-48-38-28-17-6/h103H,12-92H2,1-11H3. The quantitative estimate of drug-likeness (QED) is 0.0180. The van der Waals surface area contributed by atoms with Gasteiger partial charge in [-0.3, -0.25) is 47.9 Å². The fourth-order valence-corrected chi connectivity index (χ4v) is 20.5. The van der Waals surface area contributed by atoms with Gasteiger partial charge in [-0.2, -0.15) is 0 Å². The topological polar surface area (TPSA) is 263 Å². The van der Waals surface area contributed by atoms with Gasteiger partial charge in [-0.05, 0) is 70.6 Å². The Bertz CT molecular complexity index is 2530. The summed E-state index contributed by atoms with van der Waals surface area (Å²) in [6.45, 7) is 22.8. The molecule has 20 nitrogen and oxygen atoms in total. The summed E-state index contributed by atoms with van der Waals surface area (Å²) >= 11 is 0. The summed E-state index contributed by atoms with van der Waals surface area (Å²) in [7, 11) is -6.84. The van der Waals surface area contributed by atoms with Crippen molar-refractivity contribution in [1.29, 1.82) is 0 Å². The van der Waals surface area contributed by atoms with Gasteiger partial charge in [0.05, 0.1) is 0 Å². The molecule has 0 rings (SSSR count). The second-order valence-electron chi connectivity index (χ2n) is 36.8. The lowest BCUT2D eigenvalue weighted by molar-refractivity contribution is -0.487. The summed E-state index contributed by atoms with van der Waals surface area (Å²) in [5, 5.41) is 0. The lowest BCUT2D eigenvalue weighted by Gasteiger charge is -2.54. The number of ether oxygens (including phenoxy) is 8. The average Bonchev–Trinajstić information content (AvgIpc) is 0.678. The number of rotatable bonds is 95. The van der Waals surface area contributed by atoms with E-state index in [1.165, 1.54) is 0 Å². The Kier molecular flexibility index (Phi) is 81.7. The van der Waals surface area contributed by atoms with Gasteiger partial charge in [0, 0.05) is 64.2 Å². The van der Waals surface area contributed by atoms with E-state index in [1.807, 2.05) is 0 Å². The van der Waals surface area contributed by atoms with Gasteiger partial charge in [-0.15, -0.1) is 0 Å². The molecule has 744 valence electrons. The van der Waals surface area contributed by atoms with Crippen LogP contribution < -0.4 is 0 Å². The van der Waals surface area contributed by atoms with Crippen LogP contribution in [0.25, 0.3) is 0 Å². The van der Waals surface area contributed by atoms with Crippen LogP contribution in [0.2, 0.25) is 0 Å². The number of carbonyl (C=O) groups is 10. The van der Waals surface area contributed by atoms with E-state index in [0.29, 0.717) is 128 Å². The van der Waals surface area contributed by atoms with Crippen LogP contribution in [0.5, 0.6) is 0 Å². The van der Waals surface area contributed by atoms with Crippen molar-refractivity contribution in [2.75, 3.05) is 0 Å². The summed E-state index contributed by atoms with van der Waals surface area (Å²) in [5.74, 6) is -20.9. The Morgan fingerprint density at radius 2 is 0.331 bits per heavy atom. The molecule has 1 atom stereocenters. The maximum absolute atomic E-state index is 16.9. The van der Waals surface area contributed by atoms with E-state index in [4.69, 9.17) is 46.7 Å². The van der Waals surface area contributed by atoms with Gasteiger partial charge in [0.2, 0.25) is 0 Å². The van der Waals surface area contributed by atoms with Gasteiger partial charge >= 0.3 is 73.5 Å². The van der Waals surface area contributed by atoms with Crippen molar-refractivity contribution in [1.82, 2.24) is 0 Å². The van der Waals surface area contributed by atoms with E-state index in [-0.39, 0.29) is 64.2 Å². The molecule has 0 aromatic rings. The van der Waals surface area contributed by atoms with Crippen molar-refractivity contribution in [2.24, 2.45) is 0 Å². The SMILES string of the molecule is CCCCCCCCCC(=O)OC(CC)[Si](OC(=O)CCCCCCCCC)(OC(=O)CCCCCCCCC)C(OC(=O)CCCCCCCCC)(OC(=O)CCCCCCCCC)C(OC(=O)CCCCCCCCC)(OC(=O)CCCCCCCCC)C(OC(=O)CCCCCCCCC)(OC(=O)CCCCCCCCC)OC(=O)CCCCCCCCC. The van der Waals surface area contributed by atoms with Gasteiger partial charge in [0.15, 0.2) is 5.73 Å². The molecule has 21 heteroatoms. The van der Waals surface area contributed by atoms with E-state index < -0.39 is 155 Å². The number of hydrogen-bond acceptors (Lipinski definition) is 20. The first-order valence-electron chi connectivity index (χ1n) is 53.9. The zero-order chi connectivity index (χ0) is 93.7. The van der Waals surface area contributed by atoms with Crippen molar-refractivity contribution in [3.8, 4) is 0 Å². The first kappa shape index (κ1) is 122. The van der Waals surface area contributed by atoms with Crippen LogP contribution >= 0.6 is 0 Å². The van der Waals surface area contributed by atoms with Crippen molar-refractivity contribution >= 4 is 68.3 Å². The zero-order valence-electron chi connectivity index (χ0n) is 84.0. The smallest absolute Gasteiger partial charge is 0.478 e. The van der Waals surface area contributed by atoms with Gasteiger partial charge < -0.3 is 46.7 Å². The highest BCUT2D eigenvalue weighted by molar-refractivity contribution is 6.75. The molecule has 0 saturated heterocycles. The van der Waals surface area contributed by atoms with E-state index >= 15 is 47.9 Å². The summed E-state index contributed by atoms with van der Waals surface area (Å²) in [6.07, 6.45) is 45.3. The van der Waals surface area contributed by atoms with E-state index in [1.54, 1.807) is 6.92 Å². The number of carbonyl (C=O) groups excluding carboxylic acids is 10. The van der Waals surface area contributed by atoms with Gasteiger partial charge in [0.25, 0.3) is 11.9 Å². The highest BCUT2D eigenvalue weighted by Gasteiger charge is 2.96. The molecule has 127 heavy (non-hydrogen) atoms. The minimum Gasteiger partial charge on any atom is -0.478 e. The number of hydrogen-bond donors (Lipinski definition) is 0. The molecule has 0 amide bonds. The van der Waals surface area contributed by atoms with Gasteiger partial charge in [-0.25, -0.2) is 0 Å². The molecule has 0 radical (unpaired) electrons. The molecule has 0 aliphatic heterocycles. The molecule has 0 aliphatic carbocycles. The molecule has 0 fully saturated rings. The molecule has 0 aromatic carbocycles. The lowest BCUT2D eigenvalue weighted by Crippen LogP contribution is -2.88. The number of esters is 8.